The first-order valence-corrected chi connectivity index (χ1v) is 12.8. The Hall–Kier alpha value is -3.49. The Balaban J connectivity index is 1.49. The van der Waals surface area contributed by atoms with Gasteiger partial charge in [-0.2, -0.15) is 13.2 Å². The van der Waals surface area contributed by atoms with Crippen LogP contribution >= 0.6 is 11.6 Å². The number of nitrogens with one attached hydrogen (secondary N) is 2. The fourth-order valence-corrected chi connectivity index (χ4v) is 5.30. The first-order valence-electron chi connectivity index (χ1n) is 12.4. The summed E-state index contributed by atoms with van der Waals surface area (Å²) in [5, 5.41) is 14.7. The third-order valence-corrected chi connectivity index (χ3v) is 7.23. The van der Waals surface area contributed by atoms with Crippen LogP contribution in [0.3, 0.4) is 0 Å². The van der Waals surface area contributed by atoms with Gasteiger partial charge in [-0.25, -0.2) is 0 Å². The maximum absolute atomic E-state index is 12.8. The summed E-state index contributed by atoms with van der Waals surface area (Å²) in [7, 11) is 0. The largest absolute Gasteiger partial charge is 0.508 e. The van der Waals surface area contributed by atoms with Gasteiger partial charge in [0.2, 0.25) is 5.56 Å². The quantitative estimate of drug-likeness (QED) is 0.244. The molecule has 4 aromatic rings. The van der Waals surface area contributed by atoms with Crippen molar-refractivity contribution in [2.24, 2.45) is 0 Å². The second-order valence-electron chi connectivity index (χ2n) is 9.74. The molecule has 1 fully saturated rings. The van der Waals surface area contributed by atoms with Crippen molar-refractivity contribution in [3.05, 3.63) is 105 Å². The molecule has 38 heavy (non-hydrogen) atoms. The lowest BCUT2D eigenvalue weighted by atomic mass is 9.84. The minimum atomic E-state index is -4.21. The van der Waals surface area contributed by atoms with Gasteiger partial charge in [0.1, 0.15) is 5.75 Å². The normalized spacial score (nSPS) is 16.0. The molecule has 1 unspecified atom stereocenters. The number of aromatic hydroxyl groups is 1. The second-order valence-corrected chi connectivity index (χ2v) is 10.2. The lowest BCUT2D eigenvalue weighted by Crippen LogP contribution is -2.43. The van der Waals surface area contributed by atoms with E-state index in [4.69, 9.17) is 11.6 Å². The standard InChI is InChI=1S/C29H27ClF3N3O2/c30-21-6-1-18(2-7-21)28(19-3-8-23(37)9-4-19)20-5-10-25-24(15-20)26(16-27(38)35-25)34-22-11-13-36(14-12-22)17-29(31,32)33/h1-10,15-16,22,28,37H,11-14,17H2,(H2,34,35,38). The number of phenolic OH excluding ortho intramolecular Hbond substituents is 1. The minimum Gasteiger partial charge on any atom is -0.508 e. The van der Waals surface area contributed by atoms with Gasteiger partial charge in [-0.1, -0.05) is 41.9 Å². The second kappa shape index (κ2) is 10.7. The Kier molecular flexibility index (Phi) is 7.36. The summed E-state index contributed by atoms with van der Waals surface area (Å²) in [5.41, 5.74) is 4.02. The molecule has 3 aromatic carbocycles. The van der Waals surface area contributed by atoms with E-state index in [-0.39, 0.29) is 23.3 Å². The fraction of sp³-hybridized carbons (Fsp3) is 0.276. The monoisotopic (exact) mass is 541 g/mol. The van der Waals surface area contributed by atoms with Crippen molar-refractivity contribution in [2.75, 3.05) is 25.0 Å². The smallest absolute Gasteiger partial charge is 0.401 e. The Bertz CT molecular complexity index is 1420. The van der Waals surface area contributed by atoms with E-state index in [0.29, 0.717) is 42.2 Å². The first kappa shape index (κ1) is 26.1. The van der Waals surface area contributed by atoms with Crippen molar-refractivity contribution in [1.82, 2.24) is 9.88 Å². The predicted octanol–water partition coefficient (Wildman–Crippen LogP) is 6.51. The summed E-state index contributed by atoms with van der Waals surface area (Å²) in [6.07, 6.45) is -3.12. The van der Waals surface area contributed by atoms with Crippen LogP contribution in [0.5, 0.6) is 5.75 Å². The van der Waals surface area contributed by atoms with Crippen molar-refractivity contribution in [1.29, 1.82) is 0 Å². The van der Waals surface area contributed by atoms with E-state index in [1.807, 2.05) is 54.6 Å². The number of likely N-dealkylation sites (tertiary alicyclic amines) is 1. The van der Waals surface area contributed by atoms with Gasteiger partial charge in [-0.05, 0) is 65.9 Å². The van der Waals surface area contributed by atoms with E-state index in [0.717, 1.165) is 22.1 Å². The number of nitrogens with zero attached hydrogens (tertiary/aromatic N) is 1. The zero-order valence-electron chi connectivity index (χ0n) is 20.4. The number of hydrogen-bond donors (Lipinski definition) is 3. The summed E-state index contributed by atoms with van der Waals surface area (Å²) in [6, 6.07) is 22.0. The lowest BCUT2D eigenvalue weighted by Gasteiger charge is -2.33. The SMILES string of the molecule is O=c1cc(NC2CCN(CC(F)(F)F)CC2)c2cc(C(c3ccc(O)cc3)c3ccc(Cl)cc3)ccc2[nH]1. The summed E-state index contributed by atoms with van der Waals surface area (Å²) in [4.78, 5) is 16.7. The fourth-order valence-electron chi connectivity index (χ4n) is 5.18. The van der Waals surface area contributed by atoms with Crippen molar-refractivity contribution in [3.63, 3.8) is 0 Å². The molecule has 0 amide bonds. The van der Waals surface area contributed by atoms with Gasteiger partial charge in [0.05, 0.1) is 12.1 Å². The number of benzene rings is 3. The van der Waals surface area contributed by atoms with Crippen molar-refractivity contribution in [3.8, 4) is 5.75 Å². The number of hydrogen-bond acceptors (Lipinski definition) is 4. The lowest BCUT2D eigenvalue weighted by molar-refractivity contribution is -0.147. The number of aromatic amines is 1. The van der Waals surface area contributed by atoms with Crippen LogP contribution < -0.4 is 10.9 Å². The number of anilines is 1. The molecule has 9 heteroatoms. The third kappa shape index (κ3) is 6.14. The highest BCUT2D eigenvalue weighted by atomic mass is 35.5. The molecule has 1 aliphatic heterocycles. The van der Waals surface area contributed by atoms with Crippen LogP contribution in [0.25, 0.3) is 10.9 Å². The van der Waals surface area contributed by atoms with Gasteiger partial charge in [0.25, 0.3) is 0 Å². The zero-order chi connectivity index (χ0) is 26.9. The van der Waals surface area contributed by atoms with E-state index in [2.05, 4.69) is 10.3 Å². The molecular weight excluding hydrogens is 515 g/mol. The highest BCUT2D eigenvalue weighted by molar-refractivity contribution is 6.30. The molecule has 0 radical (unpaired) electrons. The average Bonchev–Trinajstić information content (AvgIpc) is 2.87. The van der Waals surface area contributed by atoms with Crippen LogP contribution in [0.2, 0.25) is 5.02 Å². The van der Waals surface area contributed by atoms with Crippen LogP contribution in [0.1, 0.15) is 35.4 Å². The highest BCUT2D eigenvalue weighted by Gasteiger charge is 2.32. The molecule has 0 spiro atoms. The first-order chi connectivity index (χ1) is 18.1. The number of fused-ring (bicyclic) bond motifs is 1. The van der Waals surface area contributed by atoms with E-state index < -0.39 is 12.7 Å². The third-order valence-electron chi connectivity index (χ3n) is 6.98. The van der Waals surface area contributed by atoms with Crippen LogP contribution in [0.4, 0.5) is 18.9 Å². The molecule has 1 aliphatic rings. The maximum Gasteiger partial charge on any atom is 0.401 e. The molecule has 1 aromatic heterocycles. The Morgan fingerprint density at radius 2 is 1.55 bits per heavy atom. The molecule has 198 valence electrons. The summed E-state index contributed by atoms with van der Waals surface area (Å²) < 4.78 is 38.3. The molecule has 3 N–H and O–H groups in total. The van der Waals surface area contributed by atoms with E-state index >= 15 is 0 Å². The zero-order valence-corrected chi connectivity index (χ0v) is 21.2. The number of pyridine rings is 1. The topological polar surface area (TPSA) is 68.4 Å². The van der Waals surface area contributed by atoms with Gasteiger partial charge in [0, 0.05) is 47.2 Å². The molecule has 5 rings (SSSR count). The van der Waals surface area contributed by atoms with Crippen LogP contribution in [-0.4, -0.2) is 46.8 Å². The summed E-state index contributed by atoms with van der Waals surface area (Å²) >= 11 is 6.14. The maximum atomic E-state index is 12.8. The van der Waals surface area contributed by atoms with Gasteiger partial charge >= 0.3 is 6.18 Å². The minimum absolute atomic E-state index is 0.0442. The molecule has 0 aliphatic carbocycles. The molecule has 1 atom stereocenters. The van der Waals surface area contributed by atoms with Crippen molar-refractivity contribution in [2.45, 2.75) is 31.0 Å². The molecule has 2 heterocycles. The number of H-pyrrole nitrogens is 1. The number of phenols is 1. The molecule has 5 nitrogen and oxygen atoms in total. The van der Waals surface area contributed by atoms with Crippen molar-refractivity contribution < 1.29 is 18.3 Å². The van der Waals surface area contributed by atoms with Crippen molar-refractivity contribution >= 4 is 28.2 Å². The average molecular weight is 542 g/mol. The number of halogens is 4. The molecule has 0 bridgehead atoms. The van der Waals surface area contributed by atoms with E-state index in [9.17, 15) is 23.1 Å². The van der Waals surface area contributed by atoms with Crippen LogP contribution in [0, 0.1) is 0 Å². The molecular formula is C29H27ClF3N3O2. The Morgan fingerprint density at radius 3 is 2.18 bits per heavy atom. The van der Waals surface area contributed by atoms with Gasteiger partial charge in [0.15, 0.2) is 0 Å². The van der Waals surface area contributed by atoms with Gasteiger partial charge in [-0.3, -0.25) is 9.69 Å². The number of aromatic nitrogens is 1. The Labute approximate surface area is 222 Å². The van der Waals surface area contributed by atoms with Gasteiger partial charge in [-0.15, -0.1) is 0 Å². The predicted molar refractivity (Wildman–Crippen MR) is 144 cm³/mol. The van der Waals surface area contributed by atoms with E-state index in [1.165, 1.54) is 11.0 Å². The number of rotatable bonds is 6. The molecule has 1 saturated heterocycles. The Morgan fingerprint density at radius 1 is 0.947 bits per heavy atom. The number of piperidine rings is 1. The summed E-state index contributed by atoms with van der Waals surface area (Å²) in [5.74, 6) is 0.00936. The van der Waals surface area contributed by atoms with Crippen LogP contribution in [0.15, 0.2) is 77.6 Å². The highest BCUT2D eigenvalue weighted by Crippen LogP contribution is 2.36. The van der Waals surface area contributed by atoms with Crippen LogP contribution in [-0.2, 0) is 0 Å². The summed E-state index contributed by atoms with van der Waals surface area (Å²) in [6.45, 7) is -0.230. The molecule has 0 saturated carbocycles. The van der Waals surface area contributed by atoms with E-state index in [1.54, 1.807) is 12.1 Å². The number of alkyl halides is 3. The van der Waals surface area contributed by atoms with Gasteiger partial charge < -0.3 is 15.4 Å².